The lowest BCUT2D eigenvalue weighted by Crippen LogP contribution is -2.30. The molecule has 0 aromatic carbocycles. The second-order valence-corrected chi connectivity index (χ2v) is 3.98. The van der Waals surface area contributed by atoms with E-state index in [4.69, 9.17) is 19.9 Å². The van der Waals surface area contributed by atoms with Gasteiger partial charge in [0.15, 0.2) is 0 Å². The summed E-state index contributed by atoms with van der Waals surface area (Å²) >= 11 is 0. The zero-order valence-electron chi connectivity index (χ0n) is 9.81. The van der Waals surface area contributed by atoms with Crippen LogP contribution in [0.1, 0.15) is 25.7 Å². The summed E-state index contributed by atoms with van der Waals surface area (Å²) in [5.74, 6) is -0.310. The molecule has 1 fully saturated rings. The molecule has 1 rings (SSSR count). The number of hydrogen-bond donors (Lipinski definition) is 1. The van der Waals surface area contributed by atoms with E-state index in [1.165, 1.54) is 0 Å². The lowest BCUT2D eigenvalue weighted by Gasteiger charge is -2.27. The Kier molecular flexibility index (Phi) is 6.37. The van der Waals surface area contributed by atoms with Crippen molar-refractivity contribution in [3.63, 3.8) is 0 Å². The van der Waals surface area contributed by atoms with Crippen molar-refractivity contribution in [1.82, 2.24) is 0 Å². The van der Waals surface area contributed by atoms with Crippen molar-refractivity contribution in [2.24, 2.45) is 5.73 Å². The van der Waals surface area contributed by atoms with Gasteiger partial charge in [-0.25, -0.2) is 4.79 Å². The standard InChI is InChI=1S/C11H21NO4/c1-14-9-3-2-4-10(7-9)16-11(13)8-15-6-5-12/h9-10H,2-8,12H2,1H3. The summed E-state index contributed by atoms with van der Waals surface area (Å²) in [6, 6.07) is 0. The van der Waals surface area contributed by atoms with Gasteiger partial charge in [-0.1, -0.05) is 0 Å². The second-order valence-electron chi connectivity index (χ2n) is 3.98. The van der Waals surface area contributed by atoms with Gasteiger partial charge in [0.1, 0.15) is 12.7 Å². The number of rotatable bonds is 6. The zero-order chi connectivity index (χ0) is 11.8. The molecule has 0 bridgehead atoms. The van der Waals surface area contributed by atoms with Gasteiger partial charge in [0.05, 0.1) is 12.7 Å². The summed E-state index contributed by atoms with van der Waals surface area (Å²) < 4.78 is 15.6. The molecular formula is C11H21NO4. The molecule has 0 aromatic heterocycles. The molecule has 5 nitrogen and oxygen atoms in total. The third kappa shape index (κ3) is 4.92. The van der Waals surface area contributed by atoms with Gasteiger partial charge in [-0.3, -0.25) is 0 Å². The van der Waals surface area contributed by atoms with Crippen molar-refractivity contribution in [2.45, 2.75) is 37.9 Å². The Labute approximate surface area is 96.2 Å². The van der Waals surface area contributed by atoms with Crippen molar-refractivity contribution in [2.75, 3.05) is 26.9 Å². The van der Waals surface area contributed by atoms with E-state index in [-0.39, 0.29) is 24.8 Å². The highest BCUT2D eigenvalue weighted by molar-refractivity contribution is 5.70. The fourth-order valence-electron chi connectivity index (χ4n) is 1.88. The highest BCUT2D eigenvalue weighted by Crippen LogP contribution is 2.23. The molecule has 0 radical (unpaired) electrons. The summed E-state index contributed by atoms with van der Waals surface area (Å²) in [6.07, 6.45) is 4.00. The van der Waals surface area contributed by atoms with E-state index in [1.54, 1.807) is 7.11 Å². The summed E-state index contributed by atoms with van der Waals surface area (Å²) in [5, 5.41) is 0. The topological polar surface area (TPSA) is 70.8 Å². The Hall–Kier alpha value is -0.650. The lowest BCUT2D eigenvalue weighted by molar-refractivity contribution is -0.157. The van der Waals surface area contributed by atoms with Gasteiger partial charge < -0.3 is 19.9 Å². The molecule has 0 heterocycles. The normalized spacial score (nSPS) is 25.4. The first kappa shape index (κ1) is 13.4. The molecule has 0 aliphatic heterocycles. The molecule has 2 N–H and O–H groups in total. The van der Waals surface area contributed by atoms with Crippen LogP contribution in [0.3, 0.4) is 0 Å². The molecule has 0 saturated heterocycles. The van der Waals surface area contributed by atoms with Crippen LogP contribution in [-0.4, -0.2) is 45.0 Å². The molecule has 1 saturated carbocycles. The first-order valence-electron chi connectivity index (χ1n) is 5.76. The van der Waals surface area contributed by atoms with Crippen molar-refractivity contribution >= 4 is 5.97 Å². The third-order valence-corrected chi connectivity index (χ3v) is 2.69. The molecule has 5 heteroatoms. The Morgan fingerprint density at radius 3 is 2.81 bits per heavy atom. The fourth-order valence-corrected chi connectivity index (χ4v) is 1.88. The molecular weight excluding hydrogens is 210 g/mol. The van der Waals surface area contributed by atoms with Crippen LogP contribution in [-0.2, 0) is 19.0 Å². The highest BCUT2D eigenvalue weighted by Gasteiger charge is 2.24. The van der Waals surface area contributed by atoms with Gasteiger partial charge in [0, 0.05) is 20.1 Å². The van der Waals surface area contributed by atoms with Crippen LogP contribution in [0.25, 0.3) is 0 Å². The SMILES string of the molecule is COC1CCCC(OC(=O)COCCN)C1. The largest absolute Gasteiger partial charge is 0.461 e. The smallest absolute Gasteiger partial charge is 0.332 e. The Morgan fingerprint density at radius 1 is 1.38 bits per heavy atom. The van der Waals surface area contributed by atoms with Gasteiger partial charge in [0.2, 0.25) is 0 Å². The van der Waals surface area contributed by atoms with E-state index >= 15 is 0 Å². The van der Waals surface area contributed by atoms with Crippen LogP contribution < -0.4 is 5.73 Å². The molecule has 0 amide bonds. The van der Waals surface area contributed by atoms with Crippen LogP contribution >= 0.6 is 0 Å². The minimum absolute atomic E-state index is 0.00858. The van der Waals surface area contributed by atoms with Crippen LogP contribution in [0.5, 0.6) is 0 Å². The van der Waals surface area contributed by atoms with Gasteiger partial charge in [-0.15, -0.1) is 0 Å². The number of methoxy groups -OCH3 is 1. The summed E-state index contributed by atoms with van der Waals surface area (Å²) in [6.45, 7) is 0.800. The number of esters is 1. The minimum Gasteiger partial charge on any atom is -0.461 e. The van der Waals surface area contributed by atoms with Crippen molar-refractivity contribution < 1.29 is 19.0 Å². The van der Waals surface area contributed by atoms with E-state index < -0.39 is 0 Å². The zero-order valence-corrected chi connectivity index (χ0v) is 9.81. The fraction of sp³-hybridized carbons (Fsp3) is 0.909. The van der Waals surface area contributed by atoms with E-state index in [2.05, 4.69) is 0 Å². The van der Waals surface area contributed by atoms with Gasteiger partial charge in [0.25, 0.3) is 0 Å². The average molecular weight is 231 g/mol. The van der Waals surface area contributed by atoms with E-state index in [1.807, 2.05) is 0 Å². The highest BCUT2D eigenvalue weighted by atomic mass is 16.6. The van der Waals surface area contributed by atoms with Crippen LogP contribution in [0.2, 0.25) is 0 Å². The maximum atomic E-state index is 11.4. The van der Waals surface area contributed by atoms with Crippen LogP contribution in [0.15, 0.2) is 0 Å². The third-order valence-electron chi connectivity index (χ3n) is 2.69. The summed E-state index contributed by atoms with van der Waals surface area (Å²) in [7, 11) is 1.69. The van der Waals surface area contributed by atoms with Crippen molar-refractivity contribution in [1.29, 1.82) is 0 Å². The van der Waals surface area contributed by atoms with Gasteiger partial charge in [-0.2, -0.15) is 0 Å². The average Bonchev–Trinajstić information content (AvgIpc) is 2.29. The number of ether oxygens (including phenoxy) is 3. The second kappa shape index (κ2) is 7.60. The lowest BCUT2D eigenvalue weighted by atomic mass is 9.95. The first-order chi connectivity index (χ1) is 7.76. The number of carbonyl (C=O) groups is 1. The van der Waals surface area contributed by atoms with Gasteiger partial charge in [-0.05, 0) is 19.3 Å². The van der Waals surface area contributed by atoms with E-state index in [0.717, 1.165) is 25.7 Å². The molecule has 2 unspecified atom stereocenters. The molecule has 0 aromatic rings. The van der Waals surface area contributed by atoms with Gasteiger partial charge >= 0.3 is 5.97 Å². The quantitative estimate of drug-likeness (QED) is 0.531. The Balaban J connectivity index is 2.17. The number of carbonyl (C=O) groups excluding carboxylic acids is 1. The molecule has 94 valence electrons. The first-order valence-corrected chi connectivity index (χ1v) is 5.76. The summed E-state index contributed by atoms with van der Waals surface area (Å²) in [5.41, 5.74) is 5.24. The Morgan fingerprint density at radius 2 is 2.12 bits per heavy atom. The predicted molar refractivity (Wildman–Crippen MR) is 59.0 cm³/mol. The predicted octanol–water partition coefficient (Wildman–Crippen LogP) is 0.463. The summed E-state index contributed by atoms with van der Waals surface area (Å²) in [4.78, 5) is 11.4. The number of hydrogen-bond acceptors (Lipinski definition) is 5. The van der Waals surface area contributed by atoms with E-state index in [9.17, 15) is 4.79 Å². The Bertz CT molecular complexity index is 210. The molecule has 2 atom stereocenters. The molecule has 0 spiro atoms. The van der Waals surface area contributed by atoms with E-state index in [0.29, 0.717) is 13.2 Å². The maximum Gasteiger partial charge on any atom is 0.332 e. The minimum atomic E-state index is -0.310. The number of nitrogens with two attached hydrogens (primary N) is 1. The van der Waals surface area contributed by atoms with Crippen molar-refractivity contribution in [3.8, 4) is 0 Å². The molecule has 1 aliphatic carbocycles. The molecule has 1 aliphatic rings. The monoisotopic (exact) mass is 231 g/mol. The maximum absolute atomic E-state index is 11.4. The van der Waals surface area contributed by atoms with Crippen LogP contribution in [0.4, 0.5) is 0 Å². The van der Waals surface area contributed by atoms with Crippen molar-refractivity contribution in [3.05, 3.63) is 0 Å². The van der Waals surface area contributed by atoms with Crippen LogP contribution in [0, 0.1) is 0 Å². The molecule has 16 heavy (non-hydrogen) atoms.